The van der Waals surface area contributed by atoms with E-state index in [-0.39, 0.29) is 19.1 Å². The summed E-state index contributed by atoms with van der Waals surface area (Å²) in [5.41, 5.74) is 0. The normalized spacial score (nSPS) is 15.0. The summed E-state index contributed by atoms with van der Waals surface area (Å²) in [7, 11) is 1.54. The fourth-order valence-corrected chi connectivity index (χ4v) is 6.88. The molecule has 0 aromatic carbocycles. The van der Waals surface area contributed by atoms with Gasteiger partial charge in [0, 0.05) is 6.42 Å². The second kappa shape index (κ2) is 41.1. The van der Waals surface area contributed by atoms with Crippen molar-refractivity contribution in [1.82, 2.24) is 5.32 Å². The van der Waals surface area contributed by atoms with Gasteiger partial charge in [-0.05, 0) is 77.0 Å². The Bertz CT molecular complexity index is 1230. The van der Waals surface area contributed by atoms with Crippen molar-refractivity contribution in [3.63, 3.8) is 0 Å². The van der Waals surface area contributed by atoms with E-state index >= 15 is 0 Å². The number of likely N-dealkylation sites (N-methyl/N-ethyl adjacent to an activating group) is 1. The molecule has 8 nitrogen and oxygen atoms in total. The first-order valence-electron chi connectivity index (χ1n) is 23.5. The van der Waals surface area contributed by atoms with Crippen molar-refractivity contribution in [2.24, 2.45) is 0 Å². The van der Waals surface area contributed by atoms with E-state index < -0.39 is 20.0 Å². The number of aliphatic hydroxyl groups is 1. The minimum Gasteiger partial charge on any atom is -0.387 e. The highest BCUT2D eigenvalue weighted by Crippen LogP contribution is 2.43. The van der Waals surface area contributed by atoms with E-state index in [4.69, 9.17) is 9.05 Å². The van der Waals surface area contributed by atoms with Crippen molar-refractivity contribution in [1.29, 1.82) is 0 Å². The third-order valence-electron chi connectivity index (χ3n) is 9.85. The molecule has 59 heavy (non-hydrogen) atoms. The number of carbonyl (C=O) groups is 1. The van der Waals surface area contributed by atoms with E-state index in [9.17, 15) is 19.4 Å². The van der Waals surface area contributed by atoms with Crippen molar-refractivity contribution in [3.05, 3.63) is 85.1 Å². The van der Waals surface area contributed by atoms with Gasteiger partial charge in [-0.3, -0.25) is 13.8 Å². The van der Waals surface area contributed by atoms with Gasteiger partial charge in [0.05, 0.1) is 39.9 Å². The number of aliphatic hydroxyl groups excluding tert-OH is 1. The van der Waals surface area contributed by atoms with Crippen LogP contribution in [0.3, 0.4) is 0 Å². The Hall–Kier alpha value is -2.32. The van der Waals surface area contributed by atoms with Crippen LogP contribution in [-0.4, -0.2) is 73.4 Å². The minimum atomic E-state index is -4.35. The number of unbranched alkanes of at least 4 members (excludes halogenated alkanes) is 16. The van der Waals surface area contributed by atoms with Gasteiger partial charge in [0.25, 0.3) is 0 Å². The highest BCUT2D eigenvalue weighted by atomic mass is 31.2. The van der Waals surface area contributed by atoms with Gasteiger partial charge in [-0.1, -0.05) is 176 Å². The van der Waals surface area contributed by atoms with E-state index in [1.807, 2.05) is 27.2 Å². The molecular weight excluding hydrogens is 756 g/mol. The Labute approximate surface area is 363 Å². The molecular formula is C50H90N2O6P+. The van der Waals surface area contributed by atoms with Gasteiger partial charge in [0.15, 0.2) is 0 Å². The van der Waals surface area contributed by atoms with Gasteiger partial charge >= 0.3 is 7.82 Å². The quantitative estimate of drug-likeness (QED) is 0.0245. The molecule has 0 aliphatic heterocycles. The number of amides is 1. The lowest BCUT2D eigenvalue weighted by Gasteiger charge is -2.25. The number of hydrogen-bond donors (Lipinski definition) is 3. The van der Waals surface area contributed by atoms with Gasteiger partial charge in [-0.15, -0.1) is 0 Å². The van der Waals surface area contributed by atoms with Crippen molar-refractivity contribution in [2.75, 3.05) is 40.9 Å². The maximum atomic E-state index is 12.9. The SMILES string of the molecule is CC/C=C\C/C=C\C/C=C\C/C=C\C/C=C\CCCCCCCCCCCCCC(=O)NC(COP(=O)(O)OCC[N+](C)(C)C)C(O)/C=C/CC/C=C/CCCCCC. The molecule has 9 heteroatoms. The molecule has 0 spiro atoms. The monoisotopic (exact) mass is 846 g/mol. The summed E-state index contributed by atoms with van der Waals surface area (Å²) in [4.78, 5) is 23.1. The molecule has 0 rings (SSSR count). The average molecular weight is 846 g/mol. The van der Waals surface area contributed by atoms with Crippen molar-refractivity contribution < 1.29 is 32.9 Å². The van der Waals surface area contributed by atoms with E-state index in [2.05, 4.69) is 92.1 Å². The fraction of sp³-hybridized carbons (Fsp3) is 0.700. The summed E-state index contributed by atoms with van der Waals surface area (Å²) in [5.74, 6) is -0.197. The van der Waals surface area contributed by atoms with Crippen LogP contribution in [-0.2, 0) is 18.4 Å². The molecule has 0 bridgehead atoms. The summed E-state index contributed by atoms with van der Waals surface area (Å²) in [6.07, 6.45) is 56.7. The third-order valence-corrected chi connectivity index (χ3v) is 10.8. The van der Waals surface area contributed by atoms with Gasteiger partial charge in [0.1, 0.15) is 13.2 Å². The Morgan fingerprint density at radius 1 is 0.593 bits per heavy atom. The summed E-state index contributed by atoms with van der Waals surface area (Å²) in [5, 5.41) is 13.8. The number of quaternary nitrogens is 1. The molecule has 0 heterocycles. The van der Waals surface area contributed by atoms with Crippen LogP contribution in [0, 0.1) is 0 Å². The standard InChI is InChI=1S/C50H89N2O6P/c1-6-8-10-12-14-16-18-19-20-21-22-23-24-25-26-27-28-29-30-31-32-33-34-36-38-40-42-44-50(54)51-48(47-58-59(55,56)57-46-45-52(3,4)5)49(53)43-41-39-37-35-17-15-13-11-9-7-2/h8,10,14,16-17,19-20,22-23,25-26,35,41,43,48-49,53H,6-7,9,11-13,15,18,21,24,27-34,36-40,42,44-47H2,1-5H3,(H-,51,54,55,56)/p+1/b10-8-,16-14-,20-19-,23-22-,26-25-,35-17+,43-41+. The van der Waals surface area contributed by atoms with Gasteiger partial charge < -0.3 is 19.8 Å². The molecule has 0 radical (unpaired) electrons. The Morgan fingerprint density at radius 2 is 1.03 bits per heavy atom. The van der Waals surface area contributed by atoms with Crippen molar-refractivity contribution in [3.8, 4) is 0 Å². The van der Waals surface area contributed by atoms with Crippen LogP contribution < -0.4 is 5.32 Å². The van der Waals surface area contributed by atoms with Crippen LogP contribution in [0.1, 0.15) is 174 Å². The molecule has 3 atom stereocenters. The van der Waals surface area contributed by atoms with Gasteiger partial charge in [-0.2, -0.15) is 0 Å². The summed E-state index contributed by atoms with van der Waals surface area (Å²) >= 11 is 0. The molecule has 0 fully saturated rings. The molecule has 1 amide bonds. The predicted octanol–water partition coefficient (Wildman–Crippen LogP) is 13.4. The van der Waals surface area contributed by atoms with E-state index in [0.29, 0.717) is 17.4 Å². The maximum absolute atomic E-state index is 12.9. The van der Waals surface area contributed by atoms with Gasteiger partial charge in [-0.25, -0.2) is 4.57 Å². The number of phosphoric ester groups is 1. The lowest BCUT2D eigenvalue weighted by molar-refractivity contribution is -0.870. The molecule has 0 aliphatic carbocycles. The highest BCUT2D eigenvalue weighted by Gasteiger charge is 2.27. The largest absolute Gasteiger partial charge is 0.472 e. The summed E-state index contributed by atoms with van der Waals surface area (Å²) in [6.45, 7) is 4.62. The lowest BCUT2D eigenvalue weighted by atomic mass is 10.0. The number of nitrogens with zero attached hydrogens (tertiary/aromatic N) is 1. The predicted molar refractivity (Wildman–Crippen MR) is 253 cm³/mol. The second-order valence-corrected chi connectivity index (χ2v) is 18.2. The fourth-order valence-electron chi connectivity index (χ4n) is 6.14. The van der Waals surface area contributed by atoms with E-state index in [0.717, 1.165) is 70.6 Å². The Kier molecular flexibility index (Phi) is 39.4. The Morgan fingerprint density at radius 3 is 1.56 bits per heavy atom. The van der Waals surface area contributed by atoms with Crippen LogP contribution in [0.2, 0.25) is 0 Å². The zero-order valence-electron chi connectivity index (χ0n) is 38.5. The lowest BCUT2D eigenvalue weighted by Crippen LogP contribution is -2.45. The van der Waals surface area contributed by atoms with Crippen LogP contribution in [0.5, 0.6) is 0 Å². The third kappa shape index (κ3) is 43.6. The zero-order chi connectivity index (χ0) is 43.6. The zero-order valence-corrected chi connectivity index (χ0v) is 39.4. The minimum absolute atomic E-state index is 0.0514. The number of rotatable bonds is 41. The molecule has 0 aromatic rings. The number of allylic oxidation sites excluding steroid dienone is 13. The van der Waals surface area contributed by atoms with Crippen molar-refractivity contribution >= 4 is 13.7 Å². The van der Waals surface area contributed by atoms with Gasteiger partial charge in [0.2, 0.25) is 5.91 Å². The highest BCUT2D eigenvalue weighted by molar-refractivity contribution is 7.47. The summed E-state index contributed by atoms with van der Waals surface area (Å²) in [6, 6.07) is -0.867. The van der Waals surface area contributed by atoms with Crippen LogP contribution in [0.4, 0.5) is 0 Å². The number of hydrogen-bond acceptors (Lipinski definition) is 5. The number of nitrogens with one attached hydrogen (secondary N) is 1. The topological polar surface area (TPSA) is 105 Å². The first-order chi connectivity index (χ1) is 28.5. The first kappa shape index (κ1) is 56.7. The molecule has 0 aromatic heterocycles. The van der Waals surface area contributed by atoms with Crippen LogP contribution >= 0.6 is 7.82 Å². The number of phosphoric acid groups is 1. The smallest absolute Gasteiger partial charge is 0.387 e. The van der Waals surface area contributed by atoms with Crippen LogP contribution in [0.25, 0.3) is 0 Å². The second-order valence-electron chi connectivity index (χ2n) is 16.7. The van der Waals surface area contributed by atoms with Crippen LogP contribution in [0.15, 0.2) is 85.1 Å². The average Bonchev–Trinajstić information content (AvgIpc) is 3.19. The van der Waals surface area contributed by atoms with E-state index in [1.54, 1.807) is 6.08 Å². The molecule has 0 aliphatic rings. The summed E-state index contributed by atoms with van der Waals surface area (Å²) < 4.78 is 23.5. The maximum Gasteiger partial charge on any atom is 0.472 e. The Balaban J connectivity index is 4.22. The molecule has 340 valence electrons. The molecule has 0 saturated heterocycles. The first-order valence-corrected chi connectivity index (χ1v) is 25.0. The molecule has 3 unspecified atom stereocenters. The van der Waals surface area contributed by atoms with Crippen molar-refractivity contribution in [2.45, 2.75) is 187 Å². The number of carbonyl (C=O) groups excluding carboxylic acids is 1. The van der Waals surface area contributed by atoms with E-state index in [1.165, 1.54) is 83.5 Å². The molecule has 3 N–H and O–H groups in total. The molecule has 0 saturated carbocycles.